The molecular formula is C15H15BrN2O. The first-order valence-corrected chi connectivity index (χ1v) is 6.79. The van der Waals surface area contributed by atoms with Crippen LogP contribution >= 0.6 is 15.9 Å². The lowest BCUT2D eigenvalue weighted by atomic mass is 10.1. The Morgan fingerprint density at radius 2 is 2.11 bits per heavy atom. The van der Waals surface area contributed by atoms with Crippen molar-refractivity contribution in [3.05, 3.63) is 63.9 Å². The van der Waals surface area contributed by atoms with Gasteiger partial charge in [0, 0.05) is 23.3 Å². The van der Waals surface area contributed by atoms with Crippen LogP contribution in [0.5, 0.6) is 0 Å². The van der Waals surface area contributed by atoms with E-state index in [9.17, 15) is 4.79 Å². The highest BCUT2D eigenvalue weighted by atomic mass is 79.9. The molecule has 0 N–H and O–H groups in total. The maximum atomic E-state index is 12.3. The fourth-order valence-corrected chi connectivity index (χ4v) is 2.13. The number of aromatic nitrogens is 1. The van der Waals surface area contributed by atoms with Gasteiger partial charge in [-0.2, -0.15) is 0 Å². The zero-order valence-electron chi connectivity index (χ0n) is 10.9. The summed E-state index contributed by atoms with van der Waals surface area (Å²) in [6.45, 7) is 2.50. The van der Waals surface area contributed by atoms with E-state index < -0.39 is 0 Å². The van der Waals surface area contributed by atoms with Crippen LogP contribution in [0.2, 0.25) is 0 Å². The van der Waals surface area contributed by atoms with E-state index >= 15 is 0 Å². The van der Waals surface area contributed by atoms with E-state index in [1.54, 1.807) is 18.1 Å². The number of carbonyl (C=O) groups is 1. The highest BCUT2D eigenvalue weighted by Gasteiger charge is 2.13. The summed E-state index contributed by atoms with van der Waals surface area (Å²) < 4.78 is 0.949. The lowest BCUT2D eigenvalue weighted by Crippen LogP contribution is -2.26. The molecule has 1 aromatic carbocycles. The number of hydrogen-bond donors (Lipinski definition) is 0. The van der Waals surface area contributed by atoms with Gasteiger partial charge in [-0.05, 0) is 36.8 Å². The number of hydrogen-bond acceptors (Lipinski definition) is 2. The molecule has 0 aliphatic rings. The van der Waals surface area contributed by atoms with Crippen molar-refractivity contribution in [3.63, 3.8) is 0 Å². The number of rotatable bonds is 3. The molecule has 1 amide bonds. The highest BCUT2D eigenvalue weighted by molar-refractivity contribution is 9.10. The Balaban J connectivity index is 2.12. The zero-order valence-corrected chi connectivity index (χ0v) is 12.5. The lowest BCUT2D eigenvalue weighted by molar-refractivity contribution is 0.0783. The topological polar surface area (TPSA) is 33.2 Å². The summed E-state index contributed by atoms with van der Waals surface area (Å²) in [5, 5.41) is 0. The van der Waals surface area contributed by atoms with Crippen LogP contribution in [0.4, 0.5) is 0 Å². The number of halogens is 1. The van der Waals surface area contributed by atoms with Gasteiger partial charge < -0.3 is 4.90 Å². The van der Waals surface area contributed by atoms with Crippen molar-refractivity contribution in [1.82, 2.24) is 9.88 Å². The predicted molar refractivity (Wildman–Crippen MR) is 78.9 cm³/mol. The minimum atomic E-state index is -0.00801. The van der Waals surface area contributed by atoms with Crippen LogP contribution in [0.3, 0.4) is 0 Å². The number of pyridine rings is 1. The lowest BCUT2D eigenvalue weighted by Gasteiger charge is -2.17. The average molecular weight is 319 g/mol. The summed E-state index contributed by atoms with van der Waals surface area (Å²) in [6.07, 6.45) is 1.73. The minimum absolute atomic E-state index is 0.00801. The average Bonchev–Trinajstić information content (AvgIpc) is 2.42. The molecule has 0 bridgehead atoms. The molecular weight excluding hydrogens is 304 g/mol. The van der Waals surface area contributed by atoms with Crippen molar-refractivity contribution in [2.45, 2.75) is 13.5 Å². The predicted octanol–water partition coefficient (Wildman–Crippen LogP) is 3.42. The Morgan fingerprint density at radius 3 is 2.74 bits per heavy atom. The van der Waals surface area contributed by atoms with Crippen molar-refractivity contribution >= 4 is 21.8 Å². The van der Waals surface area contributed by atoms with E-state index in [1.165, 1.54) is 0 Å². The largest absolute Gasteiger partial charge is 0.336 e. The van der Waals surface area contributed by atoms with Crippen LogP contribution in [-0.4, -0.2) is 22.8 Å². The van der Waals surface area contributed by atoms with Gasteiger partial charge in [-0.15, -0.1) is 0 Å². The minimum Gasteiger partial charge on any atom is -0.336 e. The molecule has 1 aromatic heterocycles. The molecule has 98 valence electrons. The second kappa shape index (κ2) is 5.97. The summed E-state index contributed by atoms with van der Waals surface area (Å²) in [7, 11) is 1.78. The van der Waals surface area contributed by atoms with Crippen LogP contribution in [0.25, 0.3) is 0 Å². The summed E-state index contributed by atoms with van der Waals surface area (Å²) in [5.41, 5.74) is 2.67. The maximum Gasteiger partial charge on any atom is 0.253 e. The van der Waals surface area contributed by atoms with Crippen molar-refractivity contribution < 1.29 is 4.79 Å². The van der Waals surface area contributed by atoms with E-state index in [1.807, 2.05) is 43.3 Å². The van der Waals surface area contributed by atoms with Crippen molar-refractivity contribution in [1.29, 1.82) is 0 Å². The van der Waals surface area contributed by atoms with Gasteiger partial charge in [-0.3, -0.25) is 9.78 Å². The fourth-order valence-electron chi connectivity index (χ4n) is 1.75. The molecule has 4 heteroatoms. The number of amides is 1. The first kappa shape index (κ1) is 13.7. The molecule has 0 saturated heterocycles. The second-order valence-electron chi connectivity index (χ2n) is 4.45. The fraction of sp³-hybridized carbons (Fsp3) is 0.200. The quantitative estimate of drug-likeness (QED) is 0.868. The number of aryl methyl sites for hydroxylation is 1. The summed E-state index contributed by atoms with van der Waals surface area (Å²) in [4.78, 5) is 18.2. The third kappa shape index (κ3) is 3.41. The van der Waals surface area contributed by atoms with Crippen molar-refractivity contribution in [3.8, 4) is 0 Å². The molecule has 0 unspecified atom stereocenters. The SMILES string of the molecule is Cc1ccc(C(=O)N(C)Cc2ccccn2)cc1Br. The third-order valence-electron chi connectivity index (χ3n) is 2.89. The second-order valence-corrected chi connectivity index (χ2v) is 5.30. The van der Waals surface area contributed by atoms with Gasteiger partial charge >= 0.3 is 0 Å². The molecule has 19 heavy (non-hydrogen) atoms. The number of carbonyl (C=O) groups excluding carboxylic acids is 1. The maximum absolute atomic E-state index is 12.3. The van der Waals surface area contributed by atoms with Crippen LogP contribution < -0.4 is 0 Å². The van der Waals surface area contributed by atoms with Crippen LogP contribution in [0, 0.1) is 6.92 Å². The Bertz CT molecular complexity index is 584. The summed E-state index contributed by atoms with van der Waals surface area (Å²) >= 11 is 3.45. The van der Waals surface area contributed by atoms with Gasteiger partial charge in [-0.1, -0.05) is 28.1 Å². The first-order chi connectivity index (χ1) is 9.08. The highest BCUT2D eigenvalue weighted by Crippen LogP contribution is 2.18. The Morgan fingerprint density at radius 1 is 1.32 bits per heavy atom. The van der Waals surface area contributed by atoms with E-state index in [4.69, 9.17) is 0 Å². The molecule has 1 heterocycles. The van der Waals surface area contributed by atoms with Gasteiger partial charge in [0.15, 0.2) is 0 Å². The van der Waals surface area contributed by atoms with Crippen LogP contribution in [0.1, 0.15) is 21.6 Å². The standard InChI is InChI=1S/C15H15BrN2O/c1-11-6-7-12(9-14(11)16)15(19)18(2)10-13-5-3-4-8-17-13/h3-9H,10H2,1-2H3. The van der Waals surface area contributed by atoms with E-state index in [0.29, 0.717) is 12.1 Å². The summed E-state index contributed by atoms with van der Waals surface area (Å²) in [6, 6.07) is 11.3. The van der Waals surface area contributed by atoms with Crippen molar-refractivity contribution in [2.24, 2.45) is 0 Å². The molecule has 0 aliphatic heterocycles. The van der Waals surface area contributed by atoms with Crippen LogP contribution in [-0.2, 0) is 6.54 Å². The van der Waals surface area contributed by atoms with Gasteiger partial charge in [0.25, 0.3) is 5.91 Å². The Labute approximate surface area is 121 Å². The Kier molecular flexibility index (Phi) is 4.32. The molecule has 3 nitrogen and oxygen atoms in total. The molecule has 0 saturated carbocycles. The van der Waals surface area contributed by atoms with E-state index in [-0.39, 0.29) is 5.91 Å². The molecule has 0 atom stereocenters. The van der Waals surface area contributed by atoms with Crippen molar-refractivity contribution in [2.75, 3.05) is 7.05 Å². The third-order valence-corrected chi connectivity index (χ3v) is 3.75. The van der Waals surface area contributed by atoms with Gasteiger partial charge in [0.1, 0.15) is 0 Å². The number of benzene rings is 1. The molecule has 2 rings (SSSR count). The van der Waals surface area contributed by atoms with E-state index in [2.05, 4.69) is 20.9 Å². The molecule has 0 spiro atoms. The normalized spacial score (nSPS) is 10.3. The van der Waals surface area contributed by atoms with Crippen LogP contribution in [0.15, 0.2) is 47.1 Å². The van der Waals surface area contributed by atoms with Gasteiger partial charge in [0.05, 0.1) is 12.2 Å². The summed E-state index contributed by atoms with van der Waals surface area (Å²) in [5.74, 6) is -0.00801. The number of nitrogens with zero attached hydrogens (tertiary/aromatic N) is 2. The molecule has 0 radical (unpaired) electrons. The smallest absolute Gasteiger partial charge is 0.253 e. The van der Waals surface area contributed by atoms with Gasteiger partial charge in [-0.25, -0.2) is 0 Å². The molecule has 2 aromatic rings. The van der Waals surface area contributed by atoms with Gasteiger partial charge in [0.2, 0.25) is 0 Å². The first-order valence-electron chi connectivity index (χ1n) is 5.99. The zero-order chi connectivity index (χ0) is 13.8. The Hall–Kier alpha value is -1.68. The van der Waals surface area contributed by atoms with E-state index in [0.717, 1.165) is 15.7 Å². The monoisotopic (exact) mass is 318 g/mol. The molecule has 0 aliphatic carbocycles. The molecule has 0 fully saturated rings.